The van der Waals surface area contributed by atoms with Gasteiger partial charge in [-0.3, -0.25) is 0 Å². The van der Waals surface area contributed by atoms with Gasteiger partial charge in [-0.05, 0) is 131 Å². The van der Waals surface area contributed by atoms with E-state index in [9.17, 15) is 4.79 Å². The number of hydrogen-bond acceptors (Lipinski definition) is 4. The molecule has 0 aromatic heterocycles. The van der Waals surface area contributed by atoms with E-state index in [4.69, 9.17) is 9.47 Å². The molecule has 1 N–H and O–H groups in total. The lowest BCUT2D eigenvalue weighted by Gasteiger charge is -2.61. The molecule has 2 saturated heterocycles. The standard InChI is InChI=1S/C38H65N3O3/c1-25-14-19-38(43-24-25)26(2)34-33(44-38)23-32-30-13-12-27-22-28(15-17-36(27,3)31(30)16-18-37(32,34)4)39-35(42)41(21-20-40(5)6)29-10-8-7-9-11-29/h25-34H,7-24H2,1-6H3,(H,39,42)/t25-,26-,27+,28+,30+,31-,32-,33-,34-,36-,37-,38+/m0/s1. The Morgan fingerprint density at radius 1 is 0.841 bits per heavy atom. The van der Waals surface area contributed by atoms with Gasteiger partial charge in [-0.15, -0.1) is 0 Å². The molecule has 7 rings (SSSR count). The summed E-state index contributed by atoms with van der Waals surface area (Å²) in [7, 11) is 4.24. The number of ether oxygens (including phenoxy) is 2. The van der Waals surface area contributed by atoms with E-state index in [1.54, 1.807) is 0 Å². The van der Waals surface area contributed by atoms with Crippen LogP contribution in [0.1, 0.15) is 124 Å². The van der Waals surface area contributed by atoms with E-state index in [1.165, 1.54) is 83.5 Å². The van der Waals surface area contributed by atoms with Crippen molar-refractivity contribution in [3.05, 3.63) is 0 Å². The quantitative estimate of drug-likeness (QED) is 0.346. The molecule has 44 heavy (non-hydrogen) atoms. The van der Waals surface area contributed by atoms with Gasteiger partial charge in [-0.2, -0.15) is 0 Å². The zero-order valence-corrected chi connectivity index (χ0v) is 29.1. The fraction of sp³-hybridized carbons (Fsp3) is 0.974. The molecule has 12 atom stereocenters. The predicted molar refractivity (Wildman–Crippen MR) is 176 cm³/mol. The average Bonchev–Trinajstić information content (AvgIpc) is 3.45. The van der Waals surface area contributed by atoms with Crippen molar-refractivity contribution in [2.75, 3.05) is 33.8 Å². The van der Waals surface area contributed by atoms with Crippen LogP contribution < -0.4 is 5.32 Å². The molecule has 0 unspecified atom stereocenters. The summed E-state index contributed by atoms with van der Waals surface area (Å²) in [6.45, 7) is 12.8. The minimum absolute atomic E-state index is 0.218. The summed E-state index contributed by atoms with van der Waals surface area (Å²) < 4.78 is 13.6. The molecule has 250 valence electrons. The van der Waals surface area contributed by atoms with Crippen LogP contribution in [0.3, 0.4) is 0 Å². The summed E-state index contributed by atoms with van der Waals surface area (Å²) in [5.74, 6) is 4.74. The number of fused-ring (bicyclic) bond motifs is 7. The van der Waals surface area contributed by atoms with Crippen LogP contribution in [-0.4, -0.2) is 73.6 Å². The first-order valence-corrected chi connectivity index (χ1v) is 19.1. The normalized spacial score (nSPS) is 48.8. The minimum atomic E-state index is -0.307. The smallest absolute Gasteiger partial charge is 0.317 e. The number of carbonyl (C=O) groups is 1. The van der Waals surface area contributed by atoms with Crippen molar-refractivity contribution < 1.29 is 14.3 Å². The second-order valence-electron chi connectivity index (χ2n) is 17.9. The van der Waals surface area contributed by atoms with Crippen molar-refractivity contribution in [3.63, 3.8) is 0 Å². The van der Waals surface area contributed by atoms with Crippen LogP contribution in [0.15, 0.2) is 0 Å². The molecule has 0 aromatic rings. The first-order chi connectivity index (χ1) is 21.0. The number of amides is 2. The Morgan fingerprint density at radius 2 is 1.61 bits per heavy atom. The zero-order chi connectivity index (χ0) is 30.9. The second-order valence-corrected chi connectivity index (χ2v) is 17.9. The number of urea groups is 1. The third-order valence-electron chi connectivity index (χ3n) is 15.3. The van der Waals surface area contributed by atoms with Crippen molar-refractivity contribution in [3.8, 4) is 0 Å². The van der Waals surface area contributed by atoms with Gasteiger partial charge < -0.3 is 24.6 Å². The largest absolute Gasteiger partial charge is 0.349 e. The molecule has 1 spiro atoms. The highest BCUT2D eigenvalue weighted by molar-refractivity contribution is 5.75. The zero-order valence-electron chi connectivity index (χ0n) is 29.1. The average molecular weight is 612 g/mol. The van der Waals surface area contributed by atoms with Crippen LogP contribution in [0.5, 0.6) is 0 Å². The van der Waals surface area contributed by atoms with Gasteiger partial charge in [0, 0.05) is 37.5 Å². The maximum absolute atomic E-state index is 13.8. The summed E-state index contributed by atoms with van der Waals surface area (Å²) in [5.41, 5.74) is 0.818. The predicted octanol–water partition coefficient (Wildman–Crippen LogP) is 7.71. The molecule has 6 nitrogen and oxygen atoms in total. The second kappa shape index (κ2) is 12.0. The summed E-state index contributed by atoms with van der Waals surface area (Å²) in [6, 6.07) is 0.978. The SMILES string of the molecule is C[C@H]1CC[C@@]2(OC1)O[C@H]1C[C@H]3[C@@H]4CC[C@@H]5C[C@H](NC(=O)N(CCN(C)C)C6CCCCC6)CC[C@]5(C)[C@H]4CC[C@]3(C)[C@H]1[C@@H]2C. The lowest BCUT2D eigenvalue weighted by atomic mass is 9.44. The third kappa shape index (κ3) is 5.27. The van der Waals surface area contributed by atoms with Crippen LogP contribution >= 0.6 is 0 Å². The number of nitrogens with zero attached hydrogens (tertiary/aromatic N) is 2. The number of likely N-dealkylation sites (N-methyl/N-ethyl adjacent to an activating group) is 1. The van der Waals surface area contributed by atoms with Gasteiger partial charge >= 0.3 is 6.03 Å². The minimum Gasteiger partial charge on any atom is -0.349 e. The van der Waals surface area contributed by atoms with E-state index in [0.717, 1.165) is 56.2 Å². The molecule has 0 radical (unpaired) electrons. The molecule has 2 amide bonds. The molecule has 2 aliphatic heterocycles. The van der Waals surface area contributed by atoms with Gasteiger partial charge in [0.2, 0.25) is 0 Å². The molecule has 5 saturated carbocycles. The molecule has 5 aliphatic carbocycles. The summed E-state index contributed by atoms with van der Waals surface area (Å²) >= 11 is 0. The number of rotatable bonds is 5. The Kier molecular flexibility index (Phi) is 8.65. The molecule has 0 bridgehead atoms. The first-order valence-electron chi connectivity index (χ1n) is 19.1. The van der Waals surface area contributed by atoms with Crippen molar-refractivity contribution >= 4 is 6.03 Å². The maximum Gasteiger partial charge on any atom is 0.317 e. The van der Waals surface area contributed by atoms with E-state index in [1.807, 2.05) is 0 Å². The Labute approximate surface area is 269 Å². The summed E-state index contributed by atoms with van der Waals surface area (Å²) in [5, 5.41) is 3.61. The lowest BCUT2D eigenvalue weighted by molar-refractivity contribution is -0.273. The molecular formula is C38H65N3O3. The van der Waals surface area contributed by atoms with E-state index in [-0.39, 0.29) is 11.8 Å². The molecular weight excluding hydrogens is 546 g/mol. The van der Waals surface area contributed by atoms with E-state index in [2.05, 4.69) is 56.9 Å². The lowest BCUT2D eigenvalue weighted by Crippen LogP contribution is -2.57. The number of carbonyl (C=O) groups excluding carboxylic acids is 1. The Hall–Kier alpha value is -0.850. The van der Waals surface area contributed by atoms with E-state index in [0.29, 0.717) is 46.8 Å². The van der Waals surface area contributed by atoms with Gasteiger partial charge in [-0.1, -0.05) is 47.0 Å². The fourth-order valence-electron chi connectivity index (χ4n) is 12.8. The van der Waals surface area contributed by atoms with Gasteiger partial charge in [0.05, 0.1) is 12.7 Å². The van der Waals surface area contributed by atoms with Crippen LogP contribution in [-0.2, 0) is 9.47 Å². The van der Waals surface area contributed by atoms with Crippen LogP contribution in [0.4, 0.5) is 4.79 Å². The fourth-order valence-corrected chi connectivity index (χ4v) is 12.8. The first kappa shape index (κ1) is 31.7. The van der Waals surface area contributed by atoms with Crippen molar-refractivity contribution in [1.29, 1.82) is 0 Å². The van der Waals surface area contributed by atoms with E-state index >= 15 is 0 Å². The summed E-state index contributed by atoms with van der Waals surface area (Å²) in [6.07, 6.45) is 19.3. The third-order valence-corrected chi connectivity index (χ3v) is 15.3. The molecule has 0 aromatic carbocycles. The van der Waals surface area contributed by atoms with E-state index < -0.39 is 0 Å². The van der Waals surface area contributed by atoms with Gasteiger partial charge in [0.15, 0.2) is 5.79 Å². The van der Waals surface area contributed by atoms with Gasteiger partial charge in [-0.25, -0.2) is 4.79 Å². The number of nitrogens with one attached hydrogen (secondary N) is 1. The van der Waals surface area contributed by atoms with Crippen molar-refractivity contribution in [2.45, 2.75) is 148 Å². The Morgan fingerprint density at radius 3 is 2.34 bits per heavy atom. The molecule has 7 aliphatic rings. The molecule has 6 heteroatoms. The monoisotopic (exact) mass is 612 g/mol. The Balaban J connectivity index is 1.00. The van der Waals surface area contributed by atoms with Crippen LogP contribution in [0, 0.1) is 52.3 Å². The highest BCUT2D eigenvalue weighted by Crippen LogP contribution is 2.71. The summed E-state index contributed by atoms with van der Waals surface area (Å²) in [4.78, 5) is 18.2. The van der Waals surface area contributed by atoms with Crippen molar-refractivity contribution in [1.82, 2.24) is 15.1 Å². The van der Waals surface area contributed by atoms with Crippen LogP contribution in [0.25, 0.3) is 0 Å². The highest BCUT2D eigenvalue weighted by Gasteiger charge is 2.69. The Bertz CT molecular complexity index is 1040. The highest BCUT2D eigenvalue weighted by atomic mass is 16.7. The number of hydrogen-bond donors (Lipinski definition) is 1. The van der Waals surface area contributed by atoms with Gasteiger partial charge in [0.25, 0.3) is 0 Å². The molecule has 7 fully saturated rings. The topological polar surface area (TPSA) is 54.0 Å². The van der Waals surface area contributed by atoms with Crippen LogP contribution in [0.2, 0.25) is 0 Å². The molecule has 2 heterocycles. The van der Waals surface area contributed by atoms with Crippen molar-refractivity contribution in [2.24, 2.45) is 52.3 Å². The van der Waals surface area contributed by atoms with Gasteiger partial charge in [0.1, 0.15) is 0 Å². The maximum atomic E-state index is 13.8.